The van der Waals surface area contributed by atoms with Crippen LogP contribution in [0.25, 0.3) is 0 Å². The Morgan fingerprint density at radius 3 is 2.74 bits per heavy atom. The number of carbonyl (C=O) groups excluding carboxylic acids is 2. The summed E-state index contributed by atoms with van der Waals surface area (Å²) in [5.41, 5.74) is 1.83. The van der Waals surface area contributed by atoms with Crippen LogP contribution in [0.5, 0.6) is 0 Å². The highest BCUT2D eigenvalue weighted by Crippen LogP contribution is 2.49. The van der Waals surface area contributed by atoms with Crippen LogP contribution >= 0.6 is 0 Å². The van der Waals surface area contributed by atoms with Crippen molar-refractivity contribution in [1.29, 1.82) is 0 Å². The number of amides is 2. The molecule has 0 radical (unpaired) electrons. The van der Waals surface area contributed by atoms with Crippen LogP contribution in [0, 0.1) is 18.3 Å². The number of rotatable bonds is 5. The van der Waals surface area contributed by atoms with Gasteiger partial charge in [0.15, 0.2) is 0 Å². The first kappa shape index (κ1) is 18.5. The Morgan fingerprint density at radius 2 is 2.04 bits per heavy atom. The van der Waals surface area contributed by atoms with Gasteiger partial charge in [0.2, 0.25) is 5.91 Å². The molecule has 2 saturated carbocycles. The Labute approximate surface area is 161 Å². The summed E-state index contributed by atoms with van der Waals surface area (Å²) in [4.78, 5) is 31.5. The number of nitrogens with one attached hydrogen (secondary N) is 1. The third-order valence-electron chi connectivity index (χ3n) is 6.76. The molecule has 1 spiro atoms. The topological polar surface area (TPSA) is 62.3 Å². The lowest BCUT2D eigenvalue weighted by molar-refractivity contribution is -0.121. The molecule has 1 aromatic heterocycles. The summed E-state index contributed by atoms with van der Waals surface area (Å²) < 4.78 is 0. The summed E-state index contributed by atoms with van der Waals surface area (Å²) in [6.07, 6.45) is 11.7. The second-order valence-corrected chi connectivity index (χ2v) is 8.87. The highest BCUT2D eigenvalue weighted by Gasteiger charge is 2.47. The van der Waals surface area contributed by atoms with Gasteiger partial charge in [0.05, 0.1) is 0 Å². The van der Waals surface area contributed by atoms with Gasteiger partial charge in [-0.3, -0.25) is 14.6 Å². The maximum atomic E-state index is 13.1. The molecule has 1 aliphatic heterocycles. The van der Waals surface area contributed by atoms with Crippen molar-refractivity contribution < 1.29 is 9.59 Å². The molecule has 2 aliphatic carbocycles. The van der Waals surface area contributed by atoms with Gasteiger partial charge in [-0.05, 0) is 62.5 Å². The van der Waals surface area contributed by atoms with Gasteiger partial charge >= 0.3 is 0 Å². The summed E-state index contributed by atoms with van der Waals surface area (Å²) in [5.74, 6) is 0.753. The second kappa shape index (κ2) is 7.61. The zero-order chi connectivity index (χ0) is 18.9. The lowest BCUT2D eigenvalue weighted by Gasteiger charge is -2.38. The van der Waals surface area contributed by atoms with Gasteiger partial charge < -0.3 is 10.2 Å². The first-order chi connectivity index (χ1) is 13.1. The maximum absolute atomic E-state index is 13.1. The fraction of sp³-hybridized carbons (Fsp3) is 0.682. The average Bonchev–Trinajstić information content (AvgIpc) is 3.41. The zero-order valence-electron chi connectivity index (χ0n) is 16.4. The first-order valence-corrected chi connectivity index (χ1v) is 10.6. The molecule has 1 unspecified atom stereocenters. The van der Waals surface area contributed by atoms with Crippen molar-refractivity contribution in [1.82, 2.24) is 15.2 Å². The maximum Gasteiger partial charge on any atom is 0.254 e. The van der Waals surface area contributed by atoms with Crippen LogP contribution in [-0.4, -0.2) is 40.8 Å². The van der Waals surface area contributed by atoms with Crippen molar-refractivity contribution in [2.45, 2.75) is 70.8 Å². The molecule has 5 heteroatoms. The van der Waals surface area contributed by atoms with E-state index in [2.05, 4.69) is 10.3 Å². The molecule has 27 heavy (non-hydrogen) atoms. The number of aryl methyl sites for hydroxylation is 1. The van der Waals surface area contributed by atoms with Crippen LogP contribution in [0.2, 0.25) is 0 Å². The van der Waals surface area contributed by atoms with Crippen molar-refractivity contribution in [2.24, 2.45) is 11.3 Å². The molecule has 3 aliphatic rings. The molecular weight excluding hydrogens is 338 g/mol. The van der Waals surface area contributed by atoms with E-state index >= 15 is 0 Å². The van der Waals surface area contributed by atoms with Crippen molar-refractivity contribution in [3.05, 3.63) is 29.6 Å². The number of hydrogen-bond acceptors (Lipinski definition) is 3. The average molecular weight is 370 g/mol. The fourth-order valence-corrected chi connectivity index (χ4v) is 5.10. The van der Waals surface area contributed by atoms with E-state index in [4.69, 9.17) is 0 Å². The van der Waals surface area contributed by atoms with Crippen LogP contribution in [0.3, 0.4) is 0 Å². The summed E-state index contributed by atoms with van der Waals surface area (Å²) in [7, 11) is 0. The summed E-state index contributed by atoms with van der Waals surface area (Å²) in [6.45, 7) is 3.56. The lowest BCUT2D eigenvalue weighted by Crippen LogP contribution is -2.35. The molecule has 0 aromatic carbocycles. The second-order valence-electron chi connectivity index (χ2n) is 8.87. The van der Waals surface area contributed by atoms with E-state index in [1.54, 1.807) is 6.20 Å². The number of carbonyl (C=O) groups is 2. The van der Waals surface area contributed by atoms with Gasteiger partial charge in [-0.25, -0.2) is 0 Å². The minimum Gasteiger partial charge on any atom is -0.353 e. The standard InChI is InChI=1S/C22H31N3O2/c1-16-13-17(9-12-23-16)21(27)25-14-18(5-8-20(26)24-19-6-7-19)22(15-25)10-3-2-4-11-22/h9,12-13,18-19H,2-8,10-11,14-15H2,1H3,(H,24,26). The third-order valence-corrected chi connectivity index (χ3v) is 6.76. The van der Waals surface area contributed by atoms with E-state index < -0.39 is 0 Å². The van der Waals surface area contributed by atoms with Crippen molar-refractivity contribution >= 4 is 11.8 Å². The minimum absolute atomic E-state index is 0.121. The van der Waals surface area contributed by atoms with E-state index in [1.807, 2.05) is 24.0 Å². The first-order valence-electron chi connectivity index (χ1n) is 10.6. The molecule has 2 amide bonds. The Morgan fingerprint density at radius 1 is 1.26 bits per heavy atom. The third kappa shape index (κ3) is 4.17. The van der Waals surface area contributed by atoms with Crippen molar-refractivity contribution in [3.8, 4) is 0 Å². The number of pyridine rings is 1. The molecule has 1 aromatic rings. The molecule has 5 nitrogen and oxygen atoms in total. The number of hydrogen-bond donors (Lipinski definition) is 1. The van der Waals surface area contributed by atoms with Crippen LogP contribution < -0.4 is 5.32 Å². The smallest absolute Gasteiger partial charge is 0.254 e. The molecule has 2 heterocycles. The van der Waals surface area contributed by atoms with Gasteiger partial charge in [0.1, 0.15) is 0 Å². The van der Waals surface area contributed by atoms with Crippen LogP contribution in [0.1, 0.15) is 73.8 Å². The zero-order valence-corrected chi connectivity index (χ0v) is 16.4. The van der Waals surface area contributed by atoms with Gasteiger partial charge in [0, 0.05) is 43.0 Å². The Hall–Kier alpha value is -1.91. The van der Waals surface area contributed by atoms with Crippen molar-refractivity contribution in [3.63, 3.8) is 0 Å². The van der Waals surface area contributed by atoms with Crippen LogP contribution in [-0.2, 0) is 4.79 Å². The van der Waals surface area contributed by atoms with E-state index in [0.717, 1.165) is 43.6 Å². The van der Waals surface area contributed by atoms with E-state index in [1.165, 1.54) is 32.1 Å². The largest absolute Gasteiger partial charge is 0.353 e. The van der Waals surface area contributed by atoms with Crippen LogP contribution in [0.4, 0.5) is 0 Å². The molecule has 0 bridgehead atoms. The molecule has 3 fully saturated rings. The highest BCUT2D eigenvalue weighted by molar-refractivity contribution is 5.94. The molecule has 1 N–H and O–H groups in total. The monoisotopic (exact) mass is 369 g/mol. The molecular formula is C22H31N3O2. The van der Waals surface area contributed by atoms with Gasteiger partial charge in [-0.1, -0.05) is 19.3 Å². The summed E-state index contributed by atoms with van der Waals surface area (Å²) in [6, 6.07) is 4.13. The SMILES string of the molecule is Cc1cc(C(=O)N2CC(CCC(=O)NC3CC3)C3(CCCCC3)C2)ccn1. The summed E-state index contributed by atoms with van der Waals surface area (Å²) in [5, 5.41) is 3.11. The molecule has 1 saturated heterocycles. The van der Waals surface area contributed by atoms with E-state index in [9.17, 15) is 9.59 Å². The quantitative estimate of drug-likeness (QED) is 0.864. The predicted molar refractivity (Wildman–Crippen MR) is 104 cm³/mol. The predicted octanol–water partition coefficient (Wildman–Crippen LogP) is 3.47. The molecule has 4 rings (SSSR count). The van der Waals surface area contributed by atoms with Crippen LogP contribution in [0.15, 0.2) is 18.3 Å². The highest BCUT2D eigenvalue weighted by atomic mass is 16.2. The van der Waals surface area contributed by atoms with Crippen molar-refractivity contribution in [2.75, 3.05) is 13.1 Å². The lowest BCUT2D eigenvalue weighted by atomic mass is 9.66. The normalized spacial score (nSPS) is 24.2. The Bertz CT molecular complexity index is 707. The van der Waals surface area contributed by atoms with E-state index in [0.29, 0.717) is 18.4 Å². The Balaban J connectivity index is 1.45. The number of likely N-dealkylation sites (tertiary alicyclic amines) is 1. The number of aromatic nitrogens is 1. The van der Waals surface area contributed by atoms with Gasteiger partial charge in [0.25, 0.3) is 5.91 Å². The van der Waals surface area contributed by atoms with Gasteiger partial charge in [-0.2, -0.15) is 0 Å². The molecule has 1 atom stereocenters. The van der Waals surface area contributed by atoms with E-state index in [-0.39, 0.29) is 17.2 Å². The minimum atomic E-state index is 0.121. The van der Waals surface area contributed by atoms with Gasteiger partial charge in [-0.15, -0.1) is 0 Å². The molecule has 146 valence electrons. The fourth-order valence-electron chi connectivity index (χ4n) is 5.10. The summed E-state index contributed by atoms with van der Waals surface area (Å²) >= 11 is 0. The number of nitrogens with zero attached hydrogens (tertiary/aromatic N) is 2. The Kier molecular flexibility index (Phi) is 5.20.